The van der Waals surface area contributed by atoms with Crippen LogP contribution in [0.25, 0.3) is 0 Å². The summed E-state index contributed by atoms with van der Waals surface area (Å²) in [6.45, 7) is 0.331. The molecule has 2 rings (SSSR count). The minimum atomic E-state index is -0.978. The molecular formula is C12H12F2N2O2. The van der Waals surface area contributed by atoms with E-state index < -0.39 is 23.5 Å². The fourth-order valence-corrected chi connectivity index (χ4v) is 1.83. The van der Waals surface area contributed by atoms with E-state index in [1.807, 2.05) is 0 Å². The average molecular weight is 254 g/mol. The number of nitrogens with one attached hydrogen (secondary N) is 2. The van der Waals surface area contributed by atoms with Crippen LogP contribution in [0.15, 0.2) is 18.2 Å². The second kappa shape index (κ2) is 5.12. The highest BCUT2D eigenvalue weighted by molar-refractivity contribution is 6.01. The van der Waals surface area contributed by atoms with Crippen molar-refractivity contribution in [1.82, 2.24) is 10.6 Å². The fraction of sp³-hybridized carbons (Fsp3) is 0.333. The van der Waals surface area contributed by atoms with E-state index in [-0.39, 0.29) is 18.0 Å². The van der Waals surface area contributed by atoms with Crippen LogP contribution in [0.5, 0.6) is 0 Å². The van der Waals surface area contributed by atoms with Gasteiger partial charge in [-0.15, -0.1) is 0 Å². The largest absolute Gasteiger partial charge is 0.355 e. The van der Waals surface area contributed by atoms with Crippen molar-refractivity contribution in [1.29, 1.82) is 0 Å². The lowest BCUT2D eigenvalue weighted by Gasteiger charge is -2.09. The molecule has 0 spiro atoms. The molecule has 1 fully saturated rings. The highest BCUT2D eigenvalue weighted by Crippen LogP contribution is 2.13. The van der Waals surface area contributed by atoms with E-state index in [9.17, 15) is 18.4 Å². The van der Waals surface area contributed by atoms with Crippen LogP contribution in [0.2, 0.25) is 0 Å². The summed E-state index contributed by atoms with van der Waals surface area (Å²) in [5.41, 5.74) is 0.0572. The van der Waals surface area contributed by atoms with Gasteiger partial charge in [0.1, 0.15) is 5.92 Å². The Morgan fingerprint density at radius 1 is 1.44 bits per heavy atom. The molecule has 1 aromatic rings. The van der Waals surface area contributed by atoms with Gasteiger partial charge in [0.25, 0.3) is 0 Å². The summed E-state index contributed by atoms with van der Waals surface area (Å²) in [5.74, 6) is -3.46. The molecule has 4 nitrogen and oxygen atoms in total. The van der Waals surface area contributed by atoms with Crippen LogP contribution in [-0.2, 0) is 16.1 Å². The zero-order valence-corrected chi connectivity index (χ0v) is 9.50. The second-order valence-corrected chi connectivity index (χ2v) is 4.06. The summed E-state index contributed by atoms with van der Waals surface area (Å²) in [6.07, 6.45) is 0.427. The molecule has 2 N–H and O–H groups in total. The Morgan fingerprint density at radius 3 is 2.89 bits per heavy atom. The van der Waals surface area contributed by atoms with Crippen molar-refractivity contribution in [2.75, 3.05) is 6.54 Å². The number of halogens is 2. The van der Waals surface area contributed by atoms with Crippen LogP contribution in [0, 0.1) is 17.6 Å². The summed E-state index contributed by atoms with van der Waals surface area (Å²) in [7, 11) is 0. The highest BCUT2D eigenvalue weighted by atomic mass is 19.2. The summed E-state index contributed by atoms with van der Waals surface area (Å²) in [4.78, 5) is 22.9. The number of rotatable bonds is 3. The smallest absolute Gasteiger partial charge is 0.232 e. The summed E-state index contributed by atoms with van der Waals surface area (Å²) in [6, 6.07) is 3.75. The van der Waals surface area contributed by atoms with Gasteiger partial charge in [-0.3, -0.25) is 9.59 Å². The van der Waals surface area contributed by atoms with Gasteiger partial charge in [0.05, 0.1) is 0 Å². The molecule has 0 bridgehead atoms. The topological polar surface area (TPSA) is 58.2 Å². The Kier molecular flexibility index (Phi) is 3.55. The zero-order chi connectivity index (χ0) is 13.1. The average Bonchev–Trinajstić information content (AvgIpc) is 2.77. The van der Waals surface area contributed by atoms with Gasteiger partial charge in [0.2, 0.25) is 11.8 Å². The quantitative estimate of drug-likeness (QED) is 0.781. The number of benzene rings is 1. The lowest BCUT2D eigenvalue weighted by molar-refractivity contribution is -0.133. The van der Waals surface area contributed by atoms with Gasteiger partial charge in [0.15, 0.2) is 11.6 Å². The van der Waals surface area contributed by atoms with Crippen LogP contribution < -0.4 is 10.6 Å². The highest BCUT2D eigenvalue weighted by Gasteiger charge is 2.30. The summed E-state index contributed by atoms with van der Waals surface area (Å²) >= 11 is 0. The molecule has 1 heterocycles. The molecule has 0 aliphatic carbocycles. The maximum absolute atomic E-state index is 13.3. The number of amides is 2. The van der Waals surface area contributed by atoms with E-state index in [0.717, 1.165) is 6.07 Å². The Hall–Kier alpha value is -1.98. The molecule has 1 unspecified atom stereocenters. The SMILES string of the molecule is O=C1NCCC1C(=O)NCc1cccc(F)c1F. The van der Waals surface area contributed by atoms with E-state index in [1.54, 1.807) is 0 Å². The van der Waals surface area contributed by atoms with Crippen LogP contribution in [0.4, 0.5) is 8.78 Å². The molecule has 6 heteroatoms. The van der Waals surface area contributed by atoms with Gasteiger partial charge < -0.3 is 10.6 Å². The van der Waals surface area contributed by atoms with Crippen LogP contribution in [0.3, 0.4) is 0 Å². The third-order valence-corrected chi connectivity index (χ3v) is 2.85. The Balaban J connectivity index is 1.97. The summed E-state index contributed by atoms with van der Waals surface area (Å²) < 4.78 is 26.2. The van der Waals surface area contributed by atoms with Crippen LogP contribution in [0.1, 0.15) is 12.0 Å². The molecular weight excluding hydrogens is 242 g/mol. The third kappa shape index (κ3) is 2.47. The molecule has 96 valence electrons. The monoisotopic (exact) mass is 254 g/mol. The number of hydrogen-bond acceptors (Lipinski definition) is 2. The first kappa shape index (κ1) is 12.5. The van der Waals surface area contributed by atoms with Gasteiger partial charge >= 0.3 is 0 Å². The van der Waals surface area contributed by atoms with Crippen molar-refractivity contribution in [3.05, 3.63) is 35.4 Å². The van der Waals surface area contributed by atoms with Crippen molar-refractivity contribution >= 4 is 11.8 Å². The maximum Gasteiger partial charge on any atom is 0.232 e. The van der Waals surface area contributed by atoms with Crippen molar-refractivity contribution in [3.8, 4) is 0 Å². The first-order valence-electron chi connectivity index (χ1n) is 5.58. The van der Waals surface area contributed by atoms with Gasteiger partial charge in [-0.1, -0.05) is 12.1 Å². The lowest BCUT2D eigenvalue weighted by Crippen LogP contribution is -2.35. The first-order valence-corrected chi connectivity index (χ1v) is 5.58. The minimum absolute atomic E-state index is 0.0572. The van der Waals surface area contributed by atoms with E-state index in [4.69, 9.17) is 0 Å². The number of carbonyl (C=O) groups excluding carboxylic acids is 2. The van der Waals surface area contributed by atoms with E-state index in [0.29, 0.717) is 13.0 Å². The van der Waals surface area contributed by atoms with Crippen LogP contribution in [-0.4, -0.2) is 18.4 Å². The molecule has 0 aromatic heterocycles. The first-order chi connectivity index (χ1) is 8.59. The minimum Gasteiger partial charge on any atom is -0.355 e. The van der Waals surface area contributed by atoms with Gasteiger partial charge in [-0.25, -0.2) is 8.78 Å². The van der Waals surface area contributed by atoms with Gasteiger partial charge in [0, 0.05) is 18.7 Å². The van der Waals surface area contributed by atoms with Crippen LogP contribution >= 0.6 is 0 Å². The van der Waals surface area contributed by atoms with E-state index >= 15 is 0 Å². The fourth-order valence-electron chi connectivity index (χ4n) is 1.83. The molecule has 1 aliphatic rings. The lowest BCUT2D eigenvalue weighted by atomic mass is 10.1. The van der Waals surface area contributed by atoms with Crippen molar-refractivity contribution in [2.45, 2.75) is 13.0 Å². The van der Waals surface area contributed by atoms with Crippen molar-refractivity contribution < 1.29 is 18.4 Å². The molecule has 18 heavy (non-hydrogen) atoms. The molecule has 1 aromatic carbocycles. The zero-order valence-electron chi connectivity index (χ0n) is 9.50. The van der Waals surface area contributed by atoms with Gasteiger partial charge in [-0.2, -0.15) is 0 Å². The number of carbonyl (C=O) groups is 2. The Bertz CT molecular complexity index is 491. The summed E-state index contributed by atoms with van der Waals surface area (Å²) in [5, 5.41) is 4.97. The molecule has 2 amide bonds. The maximum atomic E-state index is 13.3. The predicted molar refractivity (Wildman–Crippen MR) is 59.3 cm³/mol. The number of hydrogen-bond donors (Lipinski definition) is 2. The van der Waals surface area contributed by atoms with E-state index in [1.165, 1.54) is 12.1 Å². The normalized spacial score (nSPS) is 18.6. The molecule has 1 aliphatic heterocycles. The molecule has 0 radical (unpaired) electrons. The van der Waals surface area contributed by atoms with E-state index in [2.05, 4.69) is 10.6 Å². The van der Waals surface area contributed by atoms with Crippen molar-refractivity contribution in [2.24, 2.45) is 5.92 Å². The second-order valence-electron chi connectivity index (χ2n) is 4.06. The van der Waals surface area contributed by atoms with Crippen molar-refractivity contribution in [3.63, 3.8) is 0 Å². The predicted octanol–water partition coefficient (Wildman–Crippen LogP) is 0.717. The standard InChI is InChI=1S/C12H12F2N2O2/c13-9-3-1-2-7(10(9)14)6-16-12(18)8-4-5-15-11(8)17/h1-3,8H,4-6H2,(H,15,17)(H,16,18). The van der Waals surface area contributed by atoms with Gasteiger partial charge in [-0.05, 0) is 12.5 Å². The third-order valence-electron chi connectivity index (χ3n) is 2.85. The Labute approximate surface area is 102 Å². The molecule has 0 saturated carbocycles. The molecule has 1 atom stereocenters. The Morgan fingerprint density at radius 2 is 2.22 bits per heavy atom. The molecule has 1 saturated heterocycles.